The number of halogens is 1. The number of carbonyl (C=O) groups excluding carboxylic acids is 1. The molecule has 0 atom stereocenters. The van der Waals surface area contributed by atoms with Gasteiger partial charge in [0, 0.05) is 18.0 Å². The van der Waals surface area contributed by atoms with Crippen molar-refractivity contribution in [2.24, 2.45) is 0 Å². The Morgan fingerprint density at radius 3 is 2.50 bits per heavy atom. The van der Waals surface area contributed by atoms with Gasteiger partial charge in [0.25, 0.3) is 0 Å². The Balaban J connectivity index is 2.14. The van der Waals surface area contributed by atoms with E-state index in [9.17, 15) is 9.59 Å². The lowest BCUT2D eigenvalue weighted by Crippen LogP contribution is -2.27. The van der Waals surface area contributed by atoms with Crippen LogP contribution in [0.1, 0.15) is 17.5 Å². The molecule has 6 heteroatoms. The molecule has 2 aromatic rings. The highest BCUT2D eigenvalue weighted by molar-refractivity contribution is 6.19. The zero-order valence-corrected chi connectivity index (χ0v) is 13.7. The van der Waals surface area contributed by atoms with Crippen molar-refractivity contribution in [1.29, 1.82) is 0 Å². The maximum absolute atomic E-state index is 12.7. The van der Waals surface area contributed by atoms with Crippen LogP contribution in [-0.4, -0.2) is 23.0 Å². The molecule has 0 fully saturated rings. The van der Waals surface area contributed by atoms with Crippen LogP contribution in [0.3, 0.4) is 0 Å². The van der Waals surface area contributed by atoms with Crippen LogP contribution < -0.4 is 10.2 Å². The van der Waals surface area contributed by atoms with Crippen LogP contribution in [0, 0.1) is 0 Å². The Morgan fingerprint density at radius 1 is 1.08 bits per heavy atom. The molecule has 0 aliphatic carbocycles. The molecular weight excluding hydrogens is 328 g/mol. The van der Waals surface area contributed by atoms with E-state index < -0.39 is 6.09 Å². The van der Waals surface area contributed by atoms with Crippen molar-refractivity contribution in [2.75, 3.05) is 16.1 Å². The van der Waals surface area contributed by atoms with Crippen molar-refractivity contribution < 1.29 is 14.7 Å². The molecule has 0 radical (unpaired) electrons. The molecule has 2 N–H and O–H groups in total. The summed E-state index contributed by atoms with van der Waals surface area (Å²) >= 11 is 5.77. The smallest absolute Gasteiger partial charge is 0.409 e. The van der Waals surface area contributed by atoms with Gasteiger partial charge in [0.1, 0.15) is 0 Å². The predicted molar refractivity (Wildman–Crippen MR) is 94.4 cm³/mol. The summed E-state index contributed by atoms with van der Waals surface area (Å²) in [5, 5.41) is 11.3. The third-order valence-corrected chi connectivity index (χ3v) is 4.22. The SMILES string of the molecule is O=C(O)Nc1ccc2c(c1)N(C(=O)CCCl)c1ccccc1CC2. The Morgan fingerprint density at radius 2 is 1.79 bits per heavy atom. The summed E-state index contributed by atoms with van der Waals surface area (Å²) in [7, 11) is 0. The van der Waals surface area contributed by atoms with Crippen molar-refractivity contribution in [3.8, 4) is 0 Å². The maximum atomic E-state index is 12.7. The fraction of sp³-hybridized carbons (Fsp3) is 0.222. The van der Waals surface area contributed by atoms with Crippen LogP contribution in [0.5, 0.6) is 0 Å². The number of amides is 2. The Bertz CT molecular complexity index is 792. The molecule has 124 valence electrons. The highest BCUT2D eigenvalue weighted by Crippen LogP contribution is 2.38. The largest absolute Gasteiger partial charge is 0.465 e. The van der Waals surface area contributed by atoms with Gasteiger partial charge in [0.05, 0.1) is 11.4 Å². The minimum Gasteiger partial charge on any atom is -0.465 e. The lowest BCUT2D eigenvalue weighted by atomic mass is 10.0. The summed E-state index contributed by atoms with van der Waals surface area (Å²) in [6, 6.07) is 13.1. The first-order valence-corrected chi connectivity index (χ1v) is 8.23. The van der Waals surface area contributed by atoms with Crippen LogP contribution in [0.25, 0.3) is 0 Å². The molecule has 1 aliphatic rings. The summed E-state index contributed by atoms with van der Waals surface area (Å²) < 4.78 is 0. The molecule has 2 aromatic carbocycles. The molecule has 0 saturated carbocycles. The third-order valence-electron chi connectivity index (χ3n) is 4.03. The van der Waals surface area contributed by atoms with Crippen LogP contribution in [0.15, 0.2) is 42.5 Å². The number of nitrogens with one attached hydrogen (secondary N) is 1. The maximum Gasteiger partial charge on any atom is 0.409 e. The lowest BCUT2D eigenvalue weighted by molar-refractivity contribution is -0.117. The number of rotatable bonds is 3. The molecule has 5 nitrogen and oxygen atoms in total. The van der Waals surface area contributed by atoms with Gasteiger partial charge in [-0.05, 0) is 42.2 Å². The molecule has 0 unspecified atom stereocenters. The summed E-state index contributed by atoms with van der Waals surface area (Å²) in [4.78, 5) is 25.3. The van der Waals surface area contributed by atoms with Gasteiger partial charge in [-0.3, -0.25) is 15.0 Å². The van der Waals surface area contributed by atoms with Gasteiger partial charge in [0.15, 0.2) is 0 Å². The summed E-state index contributed by atoms with van der Waals surface area (Å²) in [5.41, 5.74) is 4.07. The number of nitrogens with zero attached hydrogens (tertiary/aromatic N) is 1. The number of benzene rings is 2. The van der Waals surface area contributed by atoms with E-state index in [0.29, 0.717) is 11.4 Å². The van der Waals surface area contributed by atoms with Crippen molar-refractivity contribution in [3.63, 3.8) is 0 Å². The quantitative estimate of drug-likeness (QED) is 0.821. The summed E-state index contributed by atoms with van der Waals surface area (Å²) in [6.07, 6.45) is 0.679. The number of aryl methyl sites for hydroxylation is 2. The van der Waals surface area contributed by atoms with Gasteiger partial charge in [-0.2, -0.15) is 0 Å². The van der Waals surface area contributed by atoms with E-state index in [4.69, 9.17) is 16.7 Å². The van der Waals surface area contributed by atoms with Crippen LogP contribution in [0.2, 0.25) is 0 Å². The summed E-state index contributed by atoms with van der Waals surface area (Å²) in [5.74, 6) is 0.132. The van der Waals surface area contributed by atoms with E-state index in [2.05, 4.69) is 5.32 Å². The Hall–Kier alpha value is -2.53. The first-order valence-electron chi connectivity index (χ1n) is 7.70. The van der Waals surface area contributed by atoms with Gasteiger partial charge < -0.3 is 5.11 Å². The van der Waals surface area contributed by atoms with E-state index in [1.54, 1.807) is 17.0 Å². The highest BCUT2D eigenvalue weighted by Gasteiger charge is 2.25. The van der Waals surface area contributed by atoms with Crippen LogP contribution in [0.4, 0.5) is 21.9 Å². The van der Waals surface area contributed by atoms with E-state index in [0.717, 1.165) is 29.7 Å². The molecule has 0 saturated heterocycles. The van der Waals surface area contributed by atoms with Crippen LogP contribution in [-0.2, 0) is 17.6 Å². The molecule has 0 spiro atoms. The molecule has 3 rings (SSSR count). The number of carbonyl (C=O) groups is 2. The number of alkyl halides is 1. The minimum absolute atomic E-state index is 0.104. The van der Waals surface area contributed by atoms with E-state index >= 15 is 0 Å². The average molecular weight is 345 g/mol. The fourth-order valence-corrected chi connectivity index (χ4v) is 3.15. The molecule has 0 aromatic heterocycles. The number of carboxylic acid groups (broad SMARTS) is 1. The Labute approximate surface area is 144 Å². The molecular formula is C18H17ClN2O3. The first-order chi connectivity index (χ1) is 11.6. The molecule has 2 amide bonds. The first kappa shape index (κ1) is 16.3. The second-order valence-corrected chi connectivity index (χ2v) is 5.95. The third kappa shape index (κ3) is 3.21. The van der Waals surface area contributed by atoms with E-state index in [1.165, 1.54) is 0 Å². The van der Waals surface area contributed by atoms with Gasteiger partial charge in [-0.25, -0.2) is 4.79 Å². The number of anilines is 3. The fourth-order valence-electron chi connectivity index (χ4n) is 2.99. The zero-order chi connectivity index (χ0) is 17.1. The standard InChI is InChI=1S/C18H17ClN2O3/c19-10-9-17(22)21-15-4-2-1-3-12(15)5-6-13-7-8-14(11-16(13)21)20-18(23)24/h1-4,7-8,11,20H,5-6,9-10H2,(H,23,24). The second-order valence-electron chi connectivity index (χ2n) is 5.57. The number of hydrogen-bond donors (Lipinski definition) is 2. The van der Waals surface area contributed by atoms with Crippen molar-refractivity contribution in [3.05, 3.63) is 53.6 Å². The molecule has 24 heavy (non-hydrogen) atoms. The molecule has 1 heterocycles. The van der Waals surface area contributed by atoms with E-state index in [-0.39, 0.29) is 18.2 Å². The number of fused-ring (bicyclic) bond motifs is 2. The summed E-state index contributed by atoms with van der Waals surface area (Å²) in [6.45, 7) is 0. The monoisotopic (exact) mass is 344 g/mol. The number of para-hydroxylation sites is 1. The van der Waals surface area contributed by atoms with Gasteiger partial charge >= 0.3 is 6.09 Å². The van der Waals surface area contributed by atoms with Crippen LogP contribution >= 0.6 is 11.6 Å². The van der Waals surface area contributed by atoms with Gasteiger partial charge in [-0.1, -0.05) is 24.3 Å². The second kappa shape index (κ2) is 6.93. The minimum atomic E-state index is -1.14. The average Bonchev–Trinajstić information content (AvgIpc) is 2.71. The van der Waals surface area contributed by atoms with Gasteiger partial charge in [-0.15, -0.1) is 11.6 Å². The van der Waals surface area contributed by atoms with Crippen molar-refractivity contribution >= 4 is 40.7 Å². The number of hydrogen-bond acceptors (Lipinski definition) is 2. The zero-order valence-electron chi connectivity index (χ0n) is 13.0. The lowest BCUT2D eigenvalue weighted by Gasteiger charge is -2.25. The van der Waals surface area contributed by atoms with E-state index in [1.807, 2.05) is 30.3 Å². The van der Waals surface area contributed by atoms with Crippen molar-refractivity contribution in [1.82, 2.24) is 0 Å². The Kier molecular flexibility index (Phi) is 4.71. The van der Waals surface area contributed by atoms with Gasteiger partial charge in [0.2, 0.25) is 5.91 Å². The topological polar surface area (TPSA) is 69.6 Å². The normalized spacial score (nSPS) is 12.8. The predicted octanol–water partition coefficient (Wildman–Crippen LogP) is 4.17. The highest BCUT2D eigenvalue weighted by atomic mass is 35.5. The molecule has 1 aliphatic heterocycles. The van der Waals surface area contributed by atoms with Crippen molar-refractivity contribution in [2.45, 2.75) is 19.3 Å². The molecule has 0 bridgehead atoms.